The second kappa shape index (κ2) is 9.45. The molecular weight excluding hydrogens is 391 g/mol. The lowest BCUT2D eigenvalue weighted by Crippen LogP contribution is -2.37. The number of thiazole rings is 1. The Bertz CT molecular complexity index is 875. The van der Waals surface area contributed by atoms with E-state index in [2.05, 4.69) is 10.3 Å². The number of amides is 2. The van der Waals surface area contributed by atoms with Crippen LogP contribution in [0.1, 0.15) is 49.5 Å². The molecule has 0 atom stereocenters. The average Bonchev–Trinajstić information content (AvgIpc) is 3.09. The number of piperidine rings is 1. The molecule has 0 spiro atoms. The summed E-state index contributed by atoms with van der Waals surface area (Å²) in [7, 11) is 3.93. The molecule has 1 aromatic carbocycles. The van der Waals surface area contributed by atoms with Crippen molar-refractivity contribution in [2.75, 3.05) is 40.3 Å². The third-order valence-electron chi connectivity index (χ3n) is 5.07. The van der Waals surface area contributed by atoms with Gasteiger partial charge in [0.1, 0.15) is 10.7 Å². The Balaban J connectivity index is 1.58. The summed E-state index contributed by atoms with van der Waals surface area (Å²) >= 11 is 1.45. The van der Waals surface area contributed by atoms with Crippen LogP contribution in [0.3, 0.4) is 0 Å². The van der Waals surface area contributed by atoms with Crippen LogP contribution in [0.2, 0.25) is 0 Å². The summed E-state index contributed by atoms with van der Waals surface area (Å²) in [6.45, 7) is 4.45. The maximum absolute atomic E-state index is 13.4. The fraction of sp³-hybridized carbons (Fsp3) is 0.476. The number of benzene rings is 1. The zero-order chi connectivity index (χ0) is 21.0. The smallest absolute Gasteiger partial charge is 0.263 e. The molecule has 0 saturated carbocycles. The third-order valence-corrected chi connectivity index (χ3v) is 6.39. The van der Waals surface area contributed by atoms with Crippen LogP contribution in [0, 0.1) is 12.7 Å². The standard InChI is InChI=1S/C21H27FN4O2S/c1-14-18(19(27)23-9-12-25(2)3)29-20(24-14)15-7-10-26(11-8-15)21(28)16-5-4-6-17(22)13-16/h4-6,13,15H,7-12H2,1-3H3,(H,23,27). The van der Waals surface area contributed by atoms with Crippen molar-refractivity contribution in [1.29, 1.82) is 0 Å². The molecule has 1 aliphatic rings. The van der Waals surface area contributed by atoms with Gasteiger partial charge in [0, 0.05) is 37.7 Å². The topological polar surface area (TPSA) is 65.5 Å². The van der Waals surface area contributed by atoms with Gasteiger partial charge in [0.05, 0.1) is 10.7 Å². The lowest BCUT2D eigenvalue weighted by atomic mass is 9.97. The summed E-state index contributed by atoms with van der Waals surface area (Å²) in [5, 5.41) is 3.89. The Labute approximate surface area is 174 Å². The summed E-state index contributed by atoms with van der Waals surface area (Å²) in [5.41, 5.74) is 1.14. The summed E-state index contributed by atoms with van der Waals surface area (Å²) in [4.78, 5) is 34.1. The van der Waals surface area contributed by atoms with E-state index in [-0.39, 0.29) is 17.7 Å². The number of hydrogen-bond donors (Lipinski definition) is 1. The molecule has 0 radical (unpaired) electrons. The highest BCUT2D eigenvalue weighted by molar-refractivity contribution is 7.13. The van der Waals surface area contributed by atoms with E-state index < -0.39 is 5.82 Å². The molecule has 0 unspecified atom stereocenters. The van der Waals surface area contributed by atoms with Gasteiger partial charge in [0.2, 0.25) is 0 Å². The second-order valence-electron chi connectivity index (χ2n) is 7.60. The molecule has 1 aliphatic heterocycles. The first-order valence-corrected chi connectivity index (χ1v) is 10.6. The maximum Gasteiger partial charge on any atom is 0.263 e. The molecule has 6 nitrogen and oxygen atoms in total. The molecule has 2 heterocycles. The highest BCUT2D eigenvalue weighted by Gasteiger charge is 2.28. The van der Waals surface area contributed by atoms with Crippen LogP contribution in [-0.4, -0.2) is 66.9 Å². The molecule has 1 fully saturated rings. The van der Waals surface area contributed by atoms with E-state index in [1.165, 1.54) is 23.5 Å². The quantitative estimate of drug-likeness (QED) is 0.784. The van der Waals surface area contributed by atoms with Crippen LogP contribution >= 0.6 is 11.3 Å². The number of aromatic nitrogens is 1. The number of nitrogens with one attached hydrogen (secondary N) is 1. The molecule has 1 saturated heterocycles. The summed E-state index contributed by atoms with van der Waals surface area (Å²) in [5.74, 6) is -0.384. The number of hydrogen-bond acceptors (Lipinski definition) is 5. The van der Waals surface area contributed by atoms with Crippen LogP contribution < -0.4 is 5.32 Å². The van der Waals surface area contributed by atoms with Gasteiger partial charge in [-0.25, -0.2) is 9.37 Å². The number of likely N-dealkylation sites (tertiary alicyclic amines) is 1. The average molecular weight is 419 g/mol. The van der Waals surface area contributed by atoms with Crippen molar-refractivity contribution in [3.8, 4) is 0 Å². The van der Waals surface area contributed by atoms with E-state index in [0.29, 0.717) is 30.1 Å². The molecule has 29 heavy (non-hydrogen) atoms. The SMILES string of the molecule is Cc1nc(C2CCN(C(=O)c3cccc(F)c3)CC2)sc1C(=O)NCCN(C)C. The number of aryl methyl sites for hydroxylation is 1. The van der Waals surface area contributed by atoms with Crippen molar-refractivity contribution >= 4 is 23.2 Å². The highest BCUT2D eigenvalue weighted by atomic mass is 32.1. The third kappa shape index (κ3) is 5.39. The number of rotatable bonds is 6. The van der Waals surface area contributed by atoms with Crippen molar-refractivity contribution in [3.05, 3.63) is 51.2 Å². The summed E-state index contributed by atoms with van der Waals surface area (Å²) in [6, 6.07) is 5.81. The first kappa shape index (κ1) is 21.4. The normalized spacial score (nSPS) is 15.0. The lowest BCUT2D eigenvalue weighted by molar-refractivity contribution is 0.0712. The van der Waals surface area contributed by atoms with Crippen molar-refractivity contribution in [3.63, 3.8) is 0 Å². The van der Waals surface area contributed by atoms with Gasteiger partial charge < -0.3 is 15.1 Å². The Morgan fingerprint density at radius 2 is 2.03 bits per heavy atom. The number of halogens is 1. The van der Waals surface area contributed by atoms with Crippen molar-refractivity contribution in [1.82, 2.24) is 20.1 Å². The number of nitrogens with zero attached hydrogens (tertiary/aromatic N) is 3. The fourth-order valence-electron chi connectivity index (χ4n) is 3.41. The van der Waals surface area contributed by atoms with E-state index in [9.17, 15) is 14.0 Å². The van der Waals surface area contributed by atoms with Crippen LogP contribution in [0.5, 0.6) is 0 Å². The monoisotopic (exact) mass is 418 g/mol. The number of carbonyl (C=O) groups excluding carboxylic acids is 2. The lowest BCUT2D eigenvalue weighted by Gasteiger charge is -2.31. The predicted molar refractivity (Wildman–Crippen MR) is 112 cm³/mol. The van der Waals surface area contributed by atoms with E-state index in [1.54, 1.807) is 17.0 Å². The molecule has 156 valence electrons. The number of likely N-dealkylation sites (N-methyl/N-ethyl adjacent to an activating group) is 1. The Morgan fingerprint density at radius 3 is 2.69 bits per heavy atom. The van der Waals surface area contributed by atoms with Gasteiger partial charge >= 0.3 is 0 Å². The Hall–Kier alpha value is -2.32. The highest BCUT2D eigenvalue weighted by Crippen LogP contribution is 2.33. The van der Waals surface area contributed by atoms with Crippen LogP contribution in [0.25, 0.3) is 0 Å². The summed E-state index contributed by atoms with van der Waals surface area (Å²) in [6.07, 6.45) is 1.57. The molecular formula is C21H27FN4O2S. The molecule has 0 aliphatic carbocycles. The molecule has 3 rings (SSSR count). The Morgan fingerprint density at radius 1 is 1.31 bits per heavy atom. The van der Waals surface area contributed by atoms with Crippen molar-refractivity contribution in [2.45, 2.75) is 25.7 Å². The van der Waals surface area contributed by atoms with E-state index in [0.717, 1.165) is 30.1 Å². The van der Waals surface area contributed by atoms with Gasteiger partial charge in [0.25, 0.3) is 11.8 Å². The molecule has 2 aromatic rings. The first-order chi connectivity index (χ1) is 13.8. The van der Waals surface area contributed by atoms with E-state index in [1.807, 2.05) is 25.9 Å². The zero-order valence-corrected chi connectivity index (χ0v) is 17.9. The predicted octanol–water partition coefficient (Wildman–Crippen LogP) is 2.90. The fourth-order valence-corrected chi connectivity index (χ4v) is 4.56. The van der Waals surface area contributed by atoms with Crippen LogP contribution in [-0.2, 0) is 0 Å². The summed E-state index contributed by atoms with van der Waals surface area (Å²) < 4.78 is 13.4. The largest absolute Gasteiger partial charge is 0.350 e. The van der Waals surface area contributed by atoms with E-state index >= 15 is 0 Å². The van der Waals surface area contributed by atoms with E-state index in [4.69, 9.17) is 0 Å². The Kier molecular flexibility index (Phi) is 6.97. The maximum atomic E-state index is 13.4. The minimum Gasteiger partial charge on any atom is -0.350 e. The minimum absolute atomic E-state index is 0.0770. The van der Waals surface area contributed by atoms with Gasteiger partial charge in [-0.2, -0.15) is 0 Å². The van der Waals surface area contributed by atoms with Crippen molar-refractivity contribution in [2.24, 2.45) is 0 Å². The van der Waals surface area contributed by atoms with Gasteiger partial charge in [-0.1, -0.05) is 6.07 Å². The van der Waals surface area contributed by atoms with Gasteiger partial charge in [-0.15, -0.1) is 11.3 Å². The number of carbonyl (C=O) groups is 2. The molecule has 8 heteroatoms. The first-order valence-electron chi connectivity index (χ1n) is 9.80. The molecule has 0 bridgehead atoms. The van der Waals surface area contributed by atoms with Crippen molar-refractivity contribution < 1.29 is 14.0 Å². The van der Waals surface area contributed by atoms with Crippen LogP contribution in [0.15, 0.2) is 24.3 Å². The van der Waals surface area contributed by atoms with Gasteiger partial charge in [0.15, 0.2) is 0 Å². The molecule has 1 aromatic heterocycles. The minimum atomic E-state index is -0.402. The van der Waals surface area contributed by atoms with Gasteiger partial charge in [-0.3, -0.25) is 9.59 Å². The zero-order valence-electron chi connectivity index (χ0n) is 17.1. The molecule has 1 N–H and O–H groups in total. The second-order valence-corrected chi connectivity index (χ2v) is 8.63. The van der Waals surface area contributed by atoms with Gasteiger partial charge in [-0.05, 0) is 52.1 Å². The van der Waals surface area contributed by atoms with Crippen LogP contribution in [0.4, 0.5) is 4.39 Å². The molecule has 2 amide bonds.